The van der Waals surface area contributed by atoms with Gasteiger partial charge in [-0.2, -0.15) is 0 Å². The number of hydrogen-bond donors (Lipinski definition) is 2. The van der Waals surface area contributed by atoms with Crippen LogP contribution in [0.3, 0.4) is 0 Å². The van der Waals surface area contributed by atoms with Gasteiger partial charge in [-0.1, -0.05) is 38.1 Å². The number of aliphatic hydroxyl groups is 1. The van der Waals surface area contributed by atoms with Crippen molar-refractivity contribution in [2.75, 3.05) is 13.2 Å². The van der Waals surface area contributed by atoms with Gasteiger partial charge in [0, 0.05) is 12.6 Å². The van der Waals surface area contributed by atoms with E-state index in [4.69, 9.17) is 4.74 Å². The summed E-state index contributed by atoms with van der Waals surface area (Å²) in [5, 5.41) is 13.5. The minimum absolute atomic E-state index is 0.215. The van der Waals surface area contributed by atoms with Crippen LogP contribution in [-0.4, -0.2) is 30.5 Å². The average Bonchev–Trinajstić information content (AvgIpc) is 2.85. The molecular formula is C18H29NO2. The Morgan fingerprint density at radius 2 is 2.05 bits per heavy atom. The van der Waals surface area contributed by atoms with Gasteiger partial charge in [-0.05, 0) is 43.2 Å². The quantitative estimate of drug-likeness (QED) is 0.773. The van der Waals surface area contributed by atoms with Gasteiger partial charge in [0.1, 0.15) is 0 Å². The molecular weight excluding hydrogens is 262 g/mol. The molecule has 1 aromatic carbocycles. The average molecular weight is 291 g/mol. The Balaban J connectivity index is 1.69. The summed E-state index contributed by atoms with van der Waals surface area (Å²) in [6, 6.07) is 8.95. The fourth-order valence-electron chi connectivity index (χ4n) is 3.11. The number of rotatable bonds is 8. The van der Waals surface area contributed by atoms with Crippen LogP contribution in [0.4, 0.5) is 0 Å². The number of aliphatic hydroxyl groups excluding tert-OH is 1. The highest BCUT2D eigenvalue weighted by Gasteiger charge is 2.22. The van der Waals surface area contributed by atoms with E-state index >= 15 is 0 Å². The van der Waals surface area contributed by atoms with Crippen LogP contribution in [-0.2, 0) is 11.2 Å². The molecule has 0 spiro atoms. The number of fused-ring (bicyclic) bond motifs is 1. The van der Waals surface area contributed by atoms with Crippen molar-refractivity contribution in [2.24, 2.45) is 5.92 Å². The Labute approximate surface area is 128 Å². The predicted octanol–water partition coefficient (Wildman–Crippen LogP) is 3.08. The molecule has 3 unspecified atom stereocenters. The summed E-state index contributed by atoms with van der Waals surface area (Å²) in [4.78, 5) is 0. The Bertz CT molecular complexity index is 433. The van der Waals surface area contributed by atoms with Crippen LogP contribution in [0.1, 0.15) is 50.8 Å². The van der Waals surface area contributed by atoms with Gasteiger partial charge in [-0.3, -0.25) is 0 Å². The van der Waals surface area contributed by atoms with Gasteiger partial charge in [0.15, 0.2) is 0 Å². The second kappa shape index (κ2) is 7.92. The lowest BCUT2D eigenvalue weighted by Gasteiger charge is -2.20. The lowest BCUT2D eigenvalue weighted by atomic mass is 10.1. The molecule has 3 heteroatoms. The van der Waals surface area contributed by atoms with Gasteiger partial charge in [-0.25, -0.2) is 0 Å². The van der Waals surface area contributed by atoms with E-state index in [0.29, 0.717) is 25.1 Å². The van der Waals surface area contributed by atoms with Gasteiger partial charge < -0.3 is 15.2 Å². The van der Waals surface area contributed by atoms with E-state index in [2.05, 4.69) is 50.4 Å². The van der Waals surface area contributed by atoms with E-state index in [1.54, 1.807) is 0 Å². The third-order valence-corrected chi connectivity index (χ3v) is 4.11. The summed E-state index contributed by atoms with van der Waals surface area (Å²) in [5.41, 5.74) is 2.82. The molecule has 3 nitrogen and oxygen atoms in total. The third kappa shape index (κ3) is 5.10. The zero-order chi connectivity index (χ0) is 15.2. The summed E-state index contributed by atoms with van der Waals surface area (Å²) < 4.78 is 5.71. The van der Waals surface area contributed by atoms with Crippen molar-refractivity contribution < 1.29 is 9.84 Å². The van der Waals surface area contributed by atoms with Crippen LogP contribution in [0.25, 0.3) is 0 Å². The molecule has 0 bridgehead atoms. The third-order valence-electron chi connectivity index (χ3n) is 4.11. The van der Waals surface area contributed by atoms with Gasteiger partial charge in [0.25, 0.3) is 0 Å². The largest absolute Gasteiger partial charge is 0.389 e. The maximum absolute atomic E-state index is 10.1. The van der Waals surface area contributed by atoms with Crippen molar-refractivity contribution in [2.45, 2.75) is 58.3 Å². The first kappa shape index (κ1) is 16.5. The van der Waals surface area contributed by atoms with Gasteiger partial charge in [-0.15, -0.1) is 0 Å². The standard InChI is InChI=1S/C18H29NO2/c1-13(2)10-14(3)21-12-16(20)11-19-18-9-8-15-6-4-5-7-17(15)18/h4-7,13-14,16,18-20H,8-12H2,1-3H3. The van der Waals surface area contributed by atoms with Crippen molar-refractivity contribution in [3.63, 3.8) is 0 Å². The van der Waals surface area contributed by atoms with E-state index in [1.165, 1.54) is 11.1 Å². The molecule has 2 N–H and O–H groups in total. The molecule has 0 heterocycles. The van der Waals surface area contributed by atoms with Crippen molar-refractivity contribution >= 4 is 0 Å². The molecule has 1 aliphatic carbocycles. The van der Waals surface area contributed by atoms with Crippen molar-refractivity contribution in [1.29, 1.82) is 0 Å². The highest BCUT2D eigenvalue weighted by atomic mass is 16.5. The number of hydrogen-bond acceptors (Lipinski definition) is 3. The predicted molar refractivity (Wildman–Crippen MR) is 86.4 cm³/mol. The lowest BCUT2D eigenvalue weighted by Crippen LogP contribution is -2.33. The molecule has 0 saturated heterocycles. The molecule has 0 aliphatic heterocycles. The molecule has 0 radical (unpaired) electrons. The SMILES string of the molecule is CC(C)CC(C)OCC(O)CNC1CCc2ccccc21. The van der Waals surface area contributed by atoms with Gasteiger partial charge in [0.2, 0.25) is 0 Å². The van der Waals surface area contributed by atoms with Crippen molar-refractivity contribution in [3.8, 4) is 0 Å². The number of aryl methyl sites for hydroxylation is 1. The zero-order valence-corrected chi connectivity index (χ0v) is 13.5. The summed E-state index contributed by atoms with van der Waals surface area (Å²) in [6.07, 6.45) is 3.07. The smallest absolute Gasteiger partial charge is 0.0898 e. The number of ether oxygens (including phenoxy) is 1. The monoisotopic (exact) mass is 291 g/mol. The van der Waals surface area contributed by atoms with E-state index in [9.17, 15) is 5.11 Å². The Hall–Kier alpha value is -0.900. The Morgan fingerprint density at radius 3 is 2.81 bits per heavy atom. The van der Waals surface area contributed by atoms with E-state index in [-0.39, 0.29) is 6.10 Å². The minimum Gasteiger partial charge on any atom is -0.389 e. The second-order valence-corrected chi connectivity index (χ2v) is 6.63. The van der Waals surface area contributed by atoms with Gasteiger partial charge in [0.05, 0.1) is 18.8 Å². The normalized spacial score (nSPS) is 20.5. The van der Waals surface area contributed by atoms with E-state index in [1.807, 2.05) is 0 Å². The summed E-state index contributed by atoms with van der Waals surface area (Å²) in [5.74, 6) is 0.630. The minimum atomic E-state index is -0.438. The molecule has 0 aromatic heterocycles. The van der Waals surface area contributed by atoms with Crippen molar-refractivity contribution in [1.82, 2.24) is 5.32 Å². The molecule has 1 aliphatic rings. The molecule has 1 aromatic rings. The first-order valence-corrected chi connectivity index (χ1v) is 8.17. The summed E-state index contributed by atoms with van der Waals surface area (Å²) in [7, 11) is 0. The molecule has 3 atom stereocenters. The van der Waals surface area contributed by atoms with Crippen LogP contribution < -0.4 is 5.32 Å². The fraction of sp³-hybridized carbons (Fsp3) is 0.667. The molecule has 0 fully saturated rings. The first-order chi connectivity index (χ1) is 10.1. The number of nitrogens with one attached hydrogen (secondary N) is 1. The topological polar surface area (TPSA) is 41.5 Å². The van der Waals surface area contributed by atoms with E-state index < -0.39 is 6.10 Å². The molecule has 0 saturated carbocycles. The molecule has 2 rings (SSSR count). The fourth-order valence-corrected chi connectivity index (χ4v) is 3.11. The highest BCUT2D eigenvalue weighted by molar-refractivity contribution is 5.34. The second-order valence-electron chi connectivity index (χ2n) is 6.63. The van der Waals surface area contributed by atoms with Crippen LogP contribution in [0.5, 0.6) is 0 Å². The maximum atomic E-state index is 10.1. The molecule has 21 heavy (non-hydrogen) atoms. The maximum Gasteiger partial charge on any atom is 0.0898 e. The van der Waals surface area contributed by atoms with Crippen LogP contribution in [0.2, 0.25) is 0 Å². The van der Waals surface area contributed by atoms with Crippen LogP contribution in [0, 0.1) is 5.92 Å². The first-order valence-electron chi connectivity index (χ1n) is 8.17. The summed E-state index contributed by atoms with van der Waals surface area (Å²) in [6.45, 7) is 7.46. The van der Waals surface area contributed by atoms with Crippen molar-refractivity contribution in [3.05, 3.63) is 35.4 Å². The summed E-state index contributed by atoms with van der Waals surface area (Å²) >= 11 is 0. The van der Waals surface area contributed by atoms with Gasteiger partial charge >= 0.3 is 0 Å². The van der Waals surface area contributed by atoms with E-state index in [0.717, 1.165) is 19.3 Å². The Morgan fingerprint density at radius 1 is 1.29 bits per heavy atom. The molecule has 0 amide bonds. The zero-order valence-electron chi connectivity index (χ0n) is 13.5. The molecule has 118 valence electrons. The lowest BCUT2D eigenvalue weighted by molar-refractivity contribution is -0.00928. The number of benzene rings is 1. The van der Waals surface area contributed by atoms with Crippen LogP contribution in [0.15, 0.2) is 24.3 Å². The van der Waals surface area contributed by atoms with Crippen LogP contribution >= 0.6 is 0 Å². The Kier molecular flexibility index (Phi) is 6.22. The highest BCUT2D eigenvalue weighted by Crippen LogP contribution is 2.30.